The van der Waals surface area contributed by atoms with Crippen molar-refractivity contribution in [1.82, 2.24) is 9.80 Å². The third-order valence-electron chi connectivity index (χ3n) is 5.90. The van der Waals surface area contributed by atoms with Gasteiger partial charge in [0, 0.05) is 10.1 Å². The molecule has 0 aliphatic carbocycles. The molecule has 2 fully saturated rings. The van der Waals surface area contributed by atoms with Gasteiger partial charge >= 0.3 is 0 Å². The molecule has 0 bridgehead atoms. The normalized spacial score (nSPS) is 23.0. The van der Waals surface area contributed by atoms with Crippen LogP contribution in [0.25, 0.3) is 0 Å². The highest BCUT2D eigenvalue weighted by atomic mass is 127. The van der Waals surface area contributed by atoms with Gasteiger partial charge in [0.2, 0.25) is 0 Å². The molecule has 2 aliphatic rings. The molecule has 1 amide bonds. The number of halogens is 4. The maximum Gasteiger partial charge on any atom is 0.256 e. The third kappa shape index (κ3) is 4.01. The van der Waals surface area contributed by atoms with Crippen molar-refractivity contribution >= 4 is 39.9 Å². The van der Waals surface area contributed by atoms with E-state index in [0.29, 0.717) is 16.5 Å². The largest absolute Gasteiger partial charge is 0.391 e. The molecule has 2 heterocycles. The third-order valence-corrected chi connectivity index (χ3v) is 6.57. The number of nitrogens with zero attached hydrogens (tertiary/aromatic N) is 2. The van der Waals surface area contributed by atoms with Crippen molar-refractivity contribution in [2.75, 3.05) is 32.0 Å². The standard InChI is InChI=1S/C21H21F3IN3O3/c1-27-7-6-16(29)19(27)21(31)9-28(10-21)20(30)12-3-4-13(22)17(24)18(12)26-15-5-2-11(25)8-14(15)23/h2-5,8,16,19,26,29,31H,6-7,9-10H2,1H3. The first-order chi connectivity index (χ1) is 14.6. The van der Waals surface area contributed by atoms with E-state index in [2.05, 4.69) is 5.32 Å². The van der Waals surface area contributed by atoms with Crippen LogP contribution in [-0.2, 0) is 0 Å². The molecular weight excluding hydrogens is 526 g/mol. The summed E-state index contributed by atoms with van der Waals surface area (Å²) in [6.45, 7) is 0.503. The fourth-order valence-electron chi connectivity index (χ4n) is 4.39. The number of anilines is 2. The summed E-state index contributed by atoms with van der Waals surface area (Å²) in [5, 5.41) is 23.6. The fourth-order valence-corrected chi connectivity index (χ4v) is 4.84. The predicted molar refractivity (Wildman–Crippen MR) is 117 cm³/mol. The van der Waals surface area contributed by atoms with Gasteiger partial charge in [0.15, 0.2) is 11.6 Å². The second-order valence-electron chi connectivity index (χ2n) is 8.08. The fraction of sp³-hybridized carbons (Fsp3) is 0.381. The van der Waals surface area contributed by atoms with Crippen LogP contribution >= 0.6 is 22.6 Å². The van der Waals surface area contributed by atoms with Crippen LogP contribution in [0.1, 0.15) is 16.8 Å². The van der Waals surface area contributed by atoms with Crippen LogP contribution < -0.4 is 5.32 Å². The number of benzene rings is 2. The van der Waals surface area contributed by atoms with Gasteiger partial charge in [0.1, 0.15) is 11.4 Å². The van der Waals surface area contributed by atoms with E-state index in [9.17, 15) is 28.2 Å². The van der Waals surface area contributed by atoms with E-state index in [1.165, 1.54) is 17.0 Å². The number of carbonyl (C=O) groups is 1. The molecule has 2 unspecified atom stereocenters. The van der Waals surface area contributed by atoms with Gasteiger partial charge in [-0.3, -0.25) is 9.69 Å². The van der Waals surface area contributed by atoms with Gasteiger partial charge in [-0.05, 0) is 66.4 Å². The van der Waals surface area contributed by atoms with Crippen molar-refractivity contribution in [2.45, 2.75) is 24.2 Å². The molecule has 2 atom stereocenters. The van der Waals surface area contributed by atoms with Gasteiger partial charge in [0.25, 0.3) is 5.91 Å². The highest BCUT2D eigenvalue weighted by molar-refractivity contribution is 14.1. The van der Waals surface area contributed by atoms with Crippen LogP contribution in [0.2, 0.25) is 0 Å². The highest BCUT2D eigenvalue weighted by Gasteiger charge is 2.55. The molecule has 0 saturated carbocycles. The van der Waals surface area contributed by atoms with Crippen LogP contribution in [0.4, 0.5) is 24.5 Å². The SMILES string of the molecule is CN1CCC(O)C1C1(O)CN(C(=O)c2ccc(F)c(F)c2Nc2ccc(I)cc2F)C1. The summed E-state index contributed by atoms with van der Waals surface area (Å²) in [5.74, 6) is -3.79. The molecule has 6 nitrogen and oxygen atoms in total. The van der Waals surface area contributed by atoms with Gasteiger partial charge in [-0.1, -0.05) is 0 Å². The Bertz CT molecular complexity index is 1020. The number of rotatable bonds is 4. The first-order valence-electron chi connectivity index (χ1n) is 9.71. The zero-order chi connectivity index (χ0) is 22.5. The highest BCUT2D eigenvalue weighted by Crippen LogP contribution is 2.36. The van der Waals surface area contributed by atoms with Crippen LogP contribution in [0.5, 0.6) is 0 Å². The first kappa shape index (κ1) is 22.3. The van der Waals surface area contributed by atoms with E-state index < -0.39 is 46.8 Å². The Morgan fingerprint density at radius 3 is 2.52 bits per heavy atom. The lowest BCUT2D eigenvalue weighted by atomic mass is 9.83. The molecule has 0 radical (unpaired) electrons. The lowest BCUT2D eigenvalue weighted by molar-refractivity contribution is -0.139. The van der Waals surface area contributed by atoms with E-state index in [4.69, 9.17) is 0 Å². The molecule has 31 heavy (non-hydrogen) atoms. The van der Waals surface area contributed by atoms with Crippen LogP contribution in [-0.4, -0.2) is 70.3 Å². The Morgan fingerprint density at radius 2 is 1.90 bits per heavy atom. The Morgan fingerprint density at radius 1 is 1.19 bits per heavy atom. The number of amides is 1. The molecule has 0 aromatic heterocycles. The average molecular weight is 547 g/mol. The Balaban J connectivity index is 1.59. The summed E-state index contributed by atoms with van der Waals surface area (Å²) in [6, 6.07) is 5.62. The Hall–Kier alpha value is -1.89. The van der Waals surface area contributed by atoms with Crippen molar-refractivity contribution < 1.29 is 28.2 Å². The number of β-amino-alcohol motifs (C(OH)–C–C–N with tert-alkyl or cyclic N) is 1. The van der Waals surface area contributed by atoms with Crippen molar-refractivity contribution in [3.63, 3.8) is 0 Å². The van der Waals surface area contributed by atoms with E-state index in [1.807, 2.05) is 27.5 Å². The van der Waals surface area contributed by atoms with E-state index in [1.54, 1.807) is 13.1 Å². The molecule has 2 saturated heterocycles. The van der Waals surface area contributed by atoms with Crippen molar-refractivity contribution in [3.8, 4) is 0 Å². The van der Waals surface area contributed by atoms with Crippen LogP contribution in [0, 0.1) is 21.0 Å². The number of carbonyl (C=O) groups excluding carboxylic acids is 1. The molecular formula is C21H21F3IN3O3. The molecule has 10 heteroatoms. The Kier molecular flexibility index (Phi) is 5.92. The average Bonchev–Trinajstić information content (AvgIpc) is 3.03. The summed E-state index contributed by atoms with van der Waals surface area (Å²) in [5.41, 5.74) is -2.05. The molecule has 4 rings (SSSR count). The quantitative estimate of drug-likeness (QED) is 0.514. The minimum Gasteiger partial charge on any atom is -0.391 e. The molecule has 3 N–H and O–H groups in total. The molecule has 0 spiro atoms. The van der Waals surface area contributed by atoms with E-state index in [0.717, 1.165) is 12.1 Å². The summed E-state index contributed by atoms with van der Waals surface area (Å²) < 4.78 is 43.3. The van der Waals surface area contributed by atoms with E-state index >= 15 is 0 Å². The summed E-state index contributed by atoms with van der Waals surface area (Å²) >= 11 is 1.92. The molecule has 166 valence electrons. The van der Waals surface area contributed by atoms with E-state index in [-0.39, 0.29) is 24.3 Å². The van der Waals surface area contributed by atoms with Crippen molar-refractivity contribution in [2.24, 2.45) is 0 Å². The predicted octanol–water partition coefficient (Wildman–Crippen LogP) is 2.70. The Labute approximate surface area is 190 Å². The number of likely N-dealkylation sites (tertiary alicyclic amines) is 2. The van der Waals surface area contributed by atoms with Gasteiger partial charge in [0.05, 0.1) is 42.2 Å². The van der Waals surface area contributed by atoms with Crippen molar-refractivity contribution in [1.29, 1.82) is 0 Å². The number of hydrogen-bond acceptors (Lipinski definition) is 5. The van der Waals surface area contributed by atoms with Gasteiger partial charge in [-0.2, -0.15) is 0 Å². The number of nitrogens with one attached hydrogen (secondary N) is 1. The lowest BCUT2D eigenvalue weighted by Crippen LogP contribution is -2.72. The zero-order valence-corrected chi connectivity index (χ0v) is 18.7. The van der Waals surface area contributed by atoms with Gasteiger partial charge < -0.3 is 20.4 Å². The monoisotopic (exact) mass is 547 g/mol. The minimum atomic E-state index is -1.30. The summed E-state index contributed by atoms with van der Waals surface area (Å²) in [6.07, 6.45) is -0.187. The number of aliphatic hydroxyl groups excluding tert-OH is 1. The van der Waals surface area contributed by atoms with Crippen LogP contribution in [0.15, 0.2) is 30.3 Å². The second kappa shape index (κ2) is 8.23. The maximum absolute atomic E-state index is 14.6. The minimum absolute atomic E-state index is 0.0613. The number of aliphatic hydroxyl groups is 2. The second-order valence-corrected chi connectivity index (χ2v) is 9.32. The van der Waals surface area contributed by atoms with Crippen molar-refractivity contribution in [3.05, 3.63) is 56.9 Å². The lowest BCUT2D eigenvalue weighted by Gasteiger charge is -2.52. The summed E-state index contributed by atoms with van der Waals surface area (Å²) in [4.78, 5) is 16.2. The smallest absolute Gasteiger partial charge is 0.256 e. The molecule has 2 aliphatic heterocycles. The topological polar surface area (TPSA) is 76.0 Å². The number of hydrogen-bond donors (Lipinski definition) is 3. The summed E-state index contributed by atoms with van der Waals surface area (Å²) in [7, 11) is 1.79. The zero-order valence-electron chi connectivity index (χ0n) is 16.6. The first-order valence-corrected chi connectivity index (χ1v) is 10.8. The van der Waals surface area contributed by atoms with Crippen LogP contribution in [0.3, 0.4) is 0 Å². The molecule has 2 aromatic rings. The molecule has 2 aromatic carbocycles. The maximum atomic E-state index is 14.6. The number of likely N-dealkylation sites (N-methyl/N-ethyl adjacent to an activating group) is 1. The van der Waals surface area contributed by atoms with Gasteiger partial charge in [-0.15, -0.1) is 0 Å². The van der Waals surface area contributed by atoms with Gasteiger partial charge in [-0.25, -0.2) is 13.2 Å².